The molecule has 7 heteroatoms. The number of hydrogen-bond acceptors (Lipinski definition) is 4. The molecule has 1 aliphatic heterocycles. The number of amides is 1. The maximum atomic E-state index is 12.7. The van der Waals surface area contributed by atoms with E-state index in [2.05, 4.69) is 0 Å². The first-order valence-corrected chi connectivity index (χ1v) is 9.89. The van der Waals surface area contributed by atoms with E-state index in [1.165, 1.54) is 4.31 Å². The molecule has 0 aliphatic carbocycles. The van der Waals surface area contributed by atoms with Crippen molar-refractivity contribution in [3.63, 3.8) is 0 Å². The lowest BCUT2D eigenvalue weighted by atomic mass is 10.1. The number of nitrogens with zero attached hydrogens (tertiary/aromatic N) is 2. The molecule has 0 radical (unpaired) electrons. The summed E-state index contributed by atoms with van der Waals surface area (Å²) in [5, 5.41) is 10.1. The largest absolute Gasteiger partial charge is 0.507 e. The number of carbonyl (C=O) groups excluding carboxylic acids is 1. The highest BCUT2D eigenvalue weighted by Crippen LogP contribution is 2.24. The van der Waals surface area contributed by atoms with Crippen LogP contribution >= 0.6 is 0 Å². The molecule has 1 fully saturated rings. The summed E-state index contributed by atoms with van der Waals surface area (Å²) in [6.45, 7) is 4.68. The maximum absolute atomic E-state index is 12.7. The van der Waals surface area contributed by atoms with E-state index in [0.29, 0.717) is 5.56 Å². The molecule has 1 amide bonds. The van der Waals surface area contributed by atoms with E-state index in [1.807, 2.05) is 6.92 Å². The second kappa shape index (κ2) is 7.09. The van der Waals surface area contributed by atoms with Gasteiger partial charge >= 0.3 is 0 Å². The van der Waals surface area contributed by atoms with Crippen LogP contribution in [0.2, 0.25) is 0 Å². The van der Waals surface area contributed by atoms with Crippen LogP contribution in [0, 0.1) is 13.8 Å². The van der Waals surface area contributed by atoms with Gasteiger partial charge in [0.15, 0.2) is 0 Å². The van der Waals surface area contributed by atoms with Crippen molar-refractivity contribution in [1.82, 2.24) is 9.21 Å². The van der Waals surface area contributed by atoms with E-state index in [0.717, 1.165) is 5.56 Å². The summed E-state index contributed by atoms with van der Waals surface area (Å²) in [6.07, 6.45) is 0. The SMILES string of the molecule is Cc1ccc(S(=O)(=O)N2CCN(C(=O)c3cccc(C)c3O)CC2)cc1. The number of piperazine rings is 1. The first kappa shape index (κ1) is 18.4. The summed E-state index contributed by atoms with van der Waals surface area (Å²) in [7, 11) is -3.56. The lowest BCUT2D eigenvalue weighted by Gasteiger charge is -2.34. The molecule has 26 heavy (non-hydrogen) atoms. The highest BCUT2D eigenvalue weighted by atomic mass is 32.2. The molecule has 0 atom stereocenters. The van der Waals surface area contributed by atoms with Crippen LogP contribution in [-0.2, 0) is 10.0 Å². The Kier molecular flexibility index (Phi) is 5.02. The van der Waals surface area contributed by atoms with Crippen LogP contribution < -0.4 is 0 Å². The number of sulfonamides is 1. The van der Waals surface area contributed by atoms with Gasteiger partial charge in [0.1, 0.15) is 5.75 Å². The average molecular weight is 374 g/mol. The van der Waals surface area contributed by atoms with Crippen LogP contribution in [0.15, 0.2) is 47.4 Å². The standard InChI is InChI=1S/C19H22N2O4S/c1-14-6-8-16(9-7-14)26(24,25)21-12-10-20(11-13-21)19(23)17-5-3-4-15(2)18(17)22/h3-9,22H,10-13H2,1-2H3. The van der Waals surface area contributed by atoms with Crippen molar-refractivity contribution < 1.29 is 18.3 Å². The maximum Gasteiger partial charge on any atom is 0.257 e. The summed E-state index contributed by atoms with van der Waals surface area (Å²) in [5.74, 6) is -0.300. The molecule has 0 unspecified atom stereocenters. The molecule has 0 aromatic heterocycles. The van der Waals surface area contributed by atoms with Crippen LogP contribution in [0.4, 0.5) is 0 Å². The second-order valence-corrected chi connectivity index (χ2v) is 8.42. The van der Waals surface area contributed by atoms with Crippen molar-refractivity contribution in [3.05, 3.63) is 59.2 Å². The zero-order valence-electron chi connectivity index (χ0n) is 14.8. The number of phenolic OH excluding ortho intramolecular Hbond substituents is 1. The predicted octanol–water partition coefficient (Wildman–Crippen LogP) is 2.16. The van der Waals surface area contributed by atoms with Gasteiger partial charge in [-0.05, 0) is 37.6 Å². The van der Waals surface area contributed by atoms with E-state index >= 15 is 0 Å². The Hall–Kier alpha value is -2.38. The number of aryl methyl sites for hydroxylation is 2. The number of hydrogen-bond donors (Lipinski definition) is 1. The smallest absolute Gasteiger partial charge is 0.257 e. The van der Waals surface area contributed by atoms with E-state index < -0.39 is 10.0 Å². The van der Waals surface area contributed by atoms with Gasteiger partial charge in [0, 0.05) is 26.2 Å². The number of phenols is 1. The fourth-order valence-electron chi connectivity index (χ4n) is 2.99. The summed E-state index contributed by atoms with van der Waals surface area (Å²) in [4.78, 5) is 14.5. The second-order valence-electron chi connectivity index (χ2n) is 6.48. The van der Waals surface area contributed by atoms with Crippen LogP contribution in [0.25, 0.3) is 0 Å². The van der Waals surface area contributed by atoms with Gasteiger partial charge in [-0.25, -0.2) is 8.42 Å². The average Bonchev–Trinajstić information content (AvgIpc) is 2.64. The fraction of sp³-hybridized carbons (Fsp3) is 0.316. The van der Waals surface area contributed by atoms with Gasteiger partial charge in [-0.1, -0.05) is 29.8 Å². The van der Waals surface area contributed by atoms with Gasteiger partial charge in [0.2, 0.25) is 10.0 Å². The van der Waals surface area contributed by atoms with Crippen molar-refractivity contribution >= 4 is 15.9 Å². The third-order valence-electron chi connectivity index (χ3n) is 4.65. The molecular weight excluding hydrogens is 352 g/mol. The first-order valence-electron chi connectivity index (χ1n) is 8.45. The first-order chi connectivity index (χ1) is 12.3. The Morgan fingerprint density at radius 2 is 1.58 bits per heavy atom. The van der Waals surface area contributed by atoms with E-state index in [9.17, 15) is 18.3 Å². The van der Waals surface area contributed by atoms with Crippen molar-refractivity contribution in [3.8, 4) is 5.75 Å². The minimum absolute atomic E-state index is 0.0211. The third kappa shape index (κ3) is 3.45. The van der Waals surface area contributed by atoms with E-state index in [-0.39, 0.29) is 48.3 Å². The third-order valence-corrected chi connectivity index (χ3v) is 6.57. The number of para-hydroxylation sites is 1. The van der Waals surface area contributed by atoms with Crippen LogP contribution in [0.5, 0.6) is 5.75 Å². The number of aromatic hydroxyl groups is 1. The van der Waals surface area contributed by atoms with Crippen LogP contribution in [0.3, 0.4) is 0 Å². The van der Waals surface area contributed by atoms with Gasteiger partial charge in [-0.2, -0.15) is 4.31 Å². The van der Waals surface area contributed by atoms with Gasteiger partial charge in [0.25, 0.3) is 5.91 Å². The molecule has 0 saturated carbocycles. The van der Waals surface area contributed by atoms with Crippen molar-refractivity contribution in [1.29, 1.82) is 0 Å². The van der Waals surface area contributed by atoms with Gasteiger partial charge in [-0.3, -0.25) is 4.79 Å². The Balaban J connectivity index is 1.72. The molecule has 0 bridgehead atoms. The number of carbonyl (C=O) groups is 1. The Labute approximate surface area is 153 Å². The predicted molar refractivity (Wildman–Crippen MR) is 98.7 cm³/mol. The highest BCUT2D eigenvalue weighted by Gasteiger charge is 2.31. The monoisotopic (exact) mass is 374 g/mol. The summed E-state index contributed by atoms with van der Waals surface area (Å²) < 4.78 is 26.9. The zero-order chi connectivity index (χ0) is 18.9. The summed E-state index contributed by atoms with van der Waals surface area (Å²) >= 11 is 0. The van der Waals surface area contributed by atoms with Crippen molar-refractivity contribution in [2.45, 2.75) is 18.7 Å². The quantitative estimate of drug-likeness (QED) is 0.893. The molecule has 1 heterocycles. The van der Waals surface area contributed by atoms with E-state index in [4.69, 9.17) is 0 Å². The Morgan fingerprint density at radius 3 is 2.19 bits per heavy atom. The fourth-order valence-corrected chi connectivity index (χ4v) is 4.41. The minimum atomic E-state index is -3.56. The molecule has 3 rings (SSSR count). The van der Waals surface area contributed by atoms with Crippen molar-refractivity contribution in [2.24, 2.45) is 0 Å². The van der Waals surface area contributed by atoms with Crippen LogP contribution in [0.1, 0.15) is 21.5 Å². The van der Waals surface area contributed by atoms with Gasteiger partial charge in [-0.15, -0.1) is 0 Å². The van der Waals surface area contributed by atoms with Gasteiger partial charge < -0.3 is 10.0 Å². The molecular formula is C19H22N2O4S. The molecule has 138 valence electrons. The molecule has 6 nitrogen and oxygen atoms in total. The molecule has 2 aromatic rings. The normalized spacial score (nSPS) is 15.8. The van der Waals surface area contributed by atoms with Crippen LogP contribution in [-0.4, -0.2) is 54.8 Å². The van der Waals surface area contributed by atoms with Crippen molar-refractivity contribution in [2.75, 3.05) is 26.2 Å². The molecule has 1 aliphatic rings. The summed E-state index contributed by atoms with van der Waals surface area (Å²) in [6, 6.07) is 11.8. The van der Waals surface area contributed by atoms with E-state index in [1.54, 1.807) is 54.3 Å². The minimum Gasteiger partial charge on any atom is -0.507 e. The molecule has 0 spiro atoms. The Morgan fingerprint density at radius 1 is 0.962 bits per heavy atom. The summed E-state index contributed by atoms with van der Waals surface area (Å²) in [5.41, 5.74) is 1.88. The molecule has 1 N–H and O–H groups in total. The number of rotatable bonds is 3. The molecule has 1 saturated heterocycles. The van der Waals surface area contributed by atoms with Gasteiger partial charge in [0.05, 0.1) is 10.5 Å². The lowest BCUT2D eigenvalue weighted by molar-refractivity contribution is 0.0694. The number of benzene rings is 2. The lowest BCUT2D eigenvalue weighted by Crippen LogP contribution is -2.50. The highest BCUT2D eigenvalue weighted by molar-refractivity contribution is 7.89. The zero-order valence-corrected chi connectivity index (χ0v) is 15.7. The Bertz CT molecular complexity index is 915. The topological polar surface area (TPSA) is 77.9 Å². The molecule has 2 aromatic carbocycles.